The fourth-order valence-corrected chi connectivity index (χ4v) is 4.22. The Morgan fingerprint density at radius 2 is 1.59 bits per heavy atom. The van der Waals surface area contributed by atoms with E-state index in [2.05, 4.69) is 58.1 Å². The lowest BCUT2D eigenvalue weighted by atomic mass is 10.0. The normalized spacial score (nSPS) is 12.0. The molecule has 5 heteroatoms. The van der Waals surface area contributed by atoms with E-state index in [1.807, 2.05) is 0 Å². The monoisotopic (exact) mass is 460 g/mol. The summed E-state index contributed by atoms with van der Waals surface area (Å²) in [5, 5.41) is 9.10. The predicted molar refractivity (Wildman–Crippen MR) is 142 cm³/mol. The van der Waals surface area contributed by atoms with Gasteiger partial charge in [0.25, 0.3) is 5.91 Å². The highest BCUT2D eigenvalue weighted by atomic mass is 16.1. The SMILES string of the molecule is NC(CCCCCCCCCCNCc1ccc2ccccc2c1)CNC(=O)c1cccnc1. The first-order valence-corrected chi connectivity index (χ1v) is 12.8. The van der Waals surface area contributed by atoms with Crippen LogP contribution in [0.3, 0.4) is 0 Å². The van der Waals surface area contributed by atoms with Crippen molar-refractivity contribution in [1.82, 2.24) is 15.6 Å². The lowest BCUT2D eigenvalue weighted by molar-refractivity contribution is 0.0950. The quantitative estimate of drug-likeness (QED) is 0.243. The van der Waals surface area contributed by atoms with Crippen molar-refractivity contribution in [2.45, 2.75) is 70.4 Å². The molecule has 0 saturated heterocycles. The smallest absolute Gasteiger partial charge is 0.252 e. The summed E-state index contributed by atoms with van der Waals surface area (Å²) in [5.41, 5.74) is 8.08. The van der Waals surface area contributed by atoms with Gasteiger partial charge in [0.05, 0.1) is 5.56 Å². The van der Waals surface area contributed by atoms with Crippen molar-refractivity contribution in [2.24, 2.45) is 5.73 Å². The molecule has 0 spiro atoms. The van der Waals surface area contributed by atoms with Crippen LogP contribution < -0.4 is 16.4 Å². The first kappa shape index (κ1) is 25.9. The number of nitrogens with zero attached hydrogens (tertiary/aromatic N) is 1. The van der Waals surface area contributed by atoms with Gasteiger partial charge in [-0.1, -0.05) is 81.3 Å². The minimum atomic E-state index is -0.104. The van der Waals surface area contributed by atoms with Gasteiger partial charge in [-0.25, -0.2) is 0 Å². The third kappa shape index (κ3) is 9.62. The van der Waals surface area contributed by atoms with Crippen LogP contribution in [-0.2, 0) is 6.54 Å². The van der Waals surface area contributed by atoms with Crippen molar-refractivity contribution in [3.05, 3.63) is 78.1 Å². The van der Waals surface area contributed by atoms with Crippen molar-refractivity contribution in [3.8, 4) is 0 Å². The standard InChI is InChI=1S/C29H40N4O/c30-28(23-33-29(34)27-14-11-19-32-22-27)15-7-5-3-1-2-4-6-10-18-31-21-24-16-17-25-12-8-9-13-26(25)20-24/h8-9,11-14,16-17,19-20,22,28,31H,1-7,10,15,18,21,23,30H2,(H,33,34). The maximum Gasteiger partial charge on any atom is 0.252 e. The van der Waals surface area contributed by atoms with Gasteiger partial charge in [-0.3, -0.25) is 9.78 Å². The number of hydrogen-bond donors (Lipinski definition) is 3. The molecule has 182 valence electrons. The number of hydrogen-bond acceptors (Lipinski definition) is 4. The highest BCUT2D eigenvalue weighted by molar-refractivity contribution is 5.93. The van der Waals surface area contributed by atoms with Crippen LogP contribution in [-0.4, -0.2) is 30.0 Å². The molecule has 0 aliphatic carbocycles. The van der Waals surface area contributed by atoms with Crippen LogP contribution in [0.2, 0.25) is 0 Å². The van der Waals surface area contributed by atoms with Gasteiger partial charge in [-0.05, 0) is 53.9 Å². The molecule has 2 aromatic carbocycles. The van der Waals surface area contributed by atoms with Crippen LogP contribution in [0.15, 0.2) is 67.0 Å². The second-order valence-electron chi connectivity index (χ2n) is 9.19. The first-order chi connectivity index (χ1) is 16.7. The lowest BCUT2D eigenvalue weighted by Gasteiger charge is -2.12. The summed E-state index contributed by atoms with van der Waals surface area (Å²) >= 11 is 0. The molecule has 0 bridgehead atoms. The molecule has 4 N–H and O–H groups in total. The summed E-state index contributed by atoms with van der Waals surface area (Å²) in [6.07, 6.45) is 14.3. The van der Waals surface area contributed by atoms with E-state index in [4.69, 9.17) is 5.73 Å². The van der Waals surface area contributed by atoms with Crippen molar-refractivity contribution in [2.75, 3.05) is 13.1 Å². The van der Waals surface area contributed by atoms with Crippen LogP contribution >= 0.6 is 0 Å². The van der Waals surface area contributed by atoms with Crippen molar-refractivity contribution in [1.29, 1.82) is 0 Å². The molecule has 0 fully saturated rings. The summed E-state index contributed by atoms with van der Waals surface area (Å²) < 4.78 is 0. The van der Waals surface area contributed by atoms with E-state index in [0.717, 1.165) is 25.9 Å². The van der Waals surface area contributed by atoms with Gasteiger partial charge in [-0.2, -0.15) is 0 Å². The minimum Gasteiger partial charge on any atom is -0.350 e. The number of unbranched alkanes of at least 4 members (excludes halogenated alkanes) is 7. The van der Waals surface area contributed by atoms with Crippen molar-refractivity contribution >= 4 is 16.7 Å². The van der Waals surface area contributed by atoms with Gasteiger partial charge < -0.3 is 16.4 Å². The largest absolute Gasteiger partial charge is 0.350 e. The van der Waals surface area contributed by atoms with Crippen LogP contribution in [0.4, 0.5) is 0 Å². The fourth-order valence-electron chi connectivity index (χ4n) is 4.22. The summed E-state index contributed by atoms with van der Waals surface area (Å²) in [6.45, 7) is 2.55. The molecule has 1 atom stereocenters. The highest BCUT2D eigenvalue weighted by Gasteiger charge is 2.08. The third-order valence-corrected chi connectivity index (χ3v) is 6.27. The van der Waals surface area contributed by atoms with Gasteiger partial charge in [0, 0.05) is 31.5 Å². The molecule has 5 nitrogen and oxygen atoms in total. The third-order valence-electron chi connectivity index (χ3n) is 6.27. The van der Waals surface area contributed by atoms with E-state index in [1.54, 1.807) is 24.5 Å². The highest BCUT2D eigenvalue weighted by Crippen LogP contribution is 2.15. The molecule has 0 saturated carbocycles. The van der Waals surface area contributed by atoms with E-state index in [9.17, 15) is 4.79 Å². The molecule has 1 unspecified atom stereocenters. The second kappa shape index (κ2) is 15.2. The van der Waals surface area contributed by atoms with E-state index in [-0.39, 0.29) is 11.9 Å². The first-order valence-electron chi connectivity index (χ1n) is 12.8. The zero-order valence-corrected chi connectivity index (χ0v) is 20.3. The Hall–Kier alpha value is -2.76. The maximum absolute atomic E-state index is 12.0. The summed E-state index contributed by atoms with van der Waals surface area (Å²) in [5.74, 6) is -0.104. The molecule has 1 heterocycles. The Morgan fingerprint density at radius 3 is 2.35 bits per heavy atom. The van der Waals surface area contributed by atoms with E-state index < -0.39 is 0 Å². The molecule has 1 amide bonds. The van der Waals surface area contributed by atoms with Gasteiger partial charge in [-0.15, -0.1) is 0 Å². The molecule has 0 aliphatic rings. The summed E-state index contributed by atoms with van der Waals surface area (Å²) in [4.78, 5) is 16.0. The van der Waals surface area contributed by atoms with Crippen molar-refractivity contribution in [3.63, 3.8) is 0 Å². The second-order valence-corrected chi connectivity index (χ2v) is 9.19. The Kier molecular flexibility index (Phi) is 11.6. The molecular formula is C29H40N4O. The summed E-state index contributed by atoms with van der Waals surface area (Å²) in [6, 6.07) is 18.8. The van der Waals surface area contributed by atoms with Crippen LogP contribution in [0, 0.1) is 0 Å². The number of carbonyl (C=O) groups excluding carboxylic acids is 1. The molecule has 0 aliphatic heterocycles. The van der Waals surface area contributed by atoms with Crippen LogP contribution in [0.5, 0.6) is 0 Å². The van der Waals surface area contributed by atoms with E-state index >= 15 is 0 Å². The predicted octanol–water partition coefficient (Wildman–Crippen LogP) is 5.59. The van der Waals surface area contributed by atoms with Gasteiger partial charge in [0.15, 0.2) is 0 Å². The van der Waals surface area contributed by atoms with E-state index in [1.165, 1.54) is 61.3 Å². The molecule has 0 radical (unpaired) electrons. The number of pyridine rings is 1. The van der Waals surface area contributed by atoms with Crippen LogP contribution in [0.25, 0.3) is 10.8 Å². The number of rotatable bonds is 16. The average molecular weight is 461 g/mol. The van der Waals surface area contributed by atoms with Gasteiger partial charge in [0.2, 0.25) is 0 Å². The zero-order valence-electron chi connectivity index (χ0n) is 20.3. The molecular weight excluding hydrogens is 420 g/mol. The van der Waals surface area contributed by atoms with Gasteiger partial charge in [0.1, 0.15) is 0 Å². The number of carbonyl (C=O) groups is 1. The Bertz CT molecular complexity index is 976. The molecule has 34 heavy (non-hydrogen) atoms. The number of amides is 1. The topological polar surface area (TPSA) is 80.0 Å². The Morgan fingerprint density at radius 1 is 0.853 bits per heavy atom. The van der Waals surface area contributed by atoms with E-state index in [0.29, 0.717) is 12.1 Å². The van der Waals surface area contributed by atoms with Crippen LogP contribution in [0.1, 0.15) is 73.7 Å². The fraction of sp³-hybridized carbons (Fsp3) is 0.448. The lowest BCUT2D eigenvalue weighted by Crippen LogP contribution is -2.37. The Labute approximate surface area is 204 Å². The average Bonchev–Trinajstić information content (AvgIpc) is 2.88. The number of benzene rings is 2. The maximum atomic E-state index is 12.0. The number of nitrogens with one attached hydrogen (secondary N) is 2. The number of aromatic nitrogens is 1. The number of fused-ring (bicyclic) bond motifs is 1. The number of nitrogens with two attached hydrogens (primary N) is 1. The zero-order chi connectivity index (χ0) is 23.8. The molecule has 3 rings (SSSR count). The van der Waals surface area contributed by atoms with Crippen molar-refractivity contribution < 1.29 is 4.79 Å². The minimum absolute atomic E-state index is 0.0164. The summed E-state index contributed by atoms with van der Waals surface area (Å²) in [7, 11) is 0. The Balaban J connectivity index is 1.10. The molecule has 1 aromatic heterocycles. The van der Waals surface area contributed by atoms with Gasteiger partial charge >= 0.3 is 0 Å². The molecule has 3 aromatic rings.